The number of amides is 1. The molecule has 10 nitrogen and oxygen atoms in total. The Morgan fingerprint density at radius 2 is 1.61 bits per heavy atom. The molecule has 1 fully saturated rings. The van der Waals surface area contributed by atoms with E-state index < -0.39 is 102 Å². The molecule has 1 aliphatic rings. The van der Waals surface area contributed by atoms with Crippen LogP contribution < -0.4 is 4.74 Å². The molecule has 3 aromatic rings. The number of esters is 1. The van der Waals surface area contributed by atoms with Crippen molar-refractivity contribution in [3.8, 4) is 5.75 Å². The van der Waals surface area contributed by atoms with Gasteiger partial charge in [0.2, 0.25) is 16.8 Å². The number of rotatable bonds is 11. The highest BCUT2D eigenvalue weighted by Gasteiger charge is 2.53. The molecule has 1 amide bonds. The number of carbonyl (C=O) groups excluding carboxylic acids is 3. The average molecular weight is 773 g/mol. The van der Waals surface area contributed by atoms with Gasteiger partial charge in [0.05, 0.1) is 27.4 Å². The van der Waals surface area contributed by atoms with Gasteiger partial charge >= 0.3 is 5.97 Å². The number of nitro benzene ring substituents is 1. The summed E-state index contributed by atoms with van der Waals surface area (Å²) < 4.78 is 82.2. The fourth-order valence-corrected chi connectivity index (χ4v) is 6.18. The van der Waals surface area contributed by atoms with Gasteiger partial charge in [-0.2, -0.15) is 0 Å². The van der Waals surface area contributed by atoms with E-state index in [0.29, 0.717) is 17.3 Å². The second-order valence-corrected chi connectivity index (χ2v) is 13.8. The maximum Gasteiger partial charge on any atom is 0.359 e. The SMILES string of the molecule is C[C@@H](O)[C@H]1C(=O)N(C(C(=O)OCc2ccc([N+](=O)[O-])cc2)=C(Oc2cccc(C(=S)c3c(F)c(F)c(F)c(F)c3F)c2)SC(=O)C(C)(C)C)[C@H]1Cl. The Bertz CT molecular complexity index is 1940. The molecule has 270 valence electrons. The van der Waals surface area contributed by atoms with Crippen LogP contribution in [0.15, 0.2) is 59.3 Å². The van der Waals surface area contributed by atoms with Gasteiger partial charge < -0.3 is 14.6 Å². The molecule has 51 heavy (non-hydrogen) atoms. The molecule has 18 heteroatoms. The molecule has 3 atom stereocenters. The van der Waals surface area contributed by atoms with Crippen LogP contribution in [0.5, 0.6) is 5.75 Å². The molecule has 4 rings (SSSR count). The van der Waals surface area contributed by atoms with Crippen LogP contribution in [0.3, 0.4) is 0 Å². The number of thiocarbonyl (C=S) groups is 1. The van der Waals surface area contributed by atoms with Gasteiger partial charge in [-0.25, -0.2) is 26.7 Å². The minimum Gasteiger partial charge on any atom is -0.456 e. The van der Waals surface area contributed by atoms with Crippen LogP contribution in [0.4, 0.5) is 27.6 Å². The van der Waals surface area contributed by atoms with Gasteiger partial charge in [0.25, 0.3) is 5.69 Å². The molecular weight excluding hydrogens is 747 g/mol. The average Bonchev–Trinajstić information content (AvgIpc) is 3.07. The number of aliphatic hydroxyl groups is 1. The number of non-ortho nitro benzene ring substituents is 1. The first-order chi connectivity index (χ1) is 23.8. The van der Waals surface area contributed by atoms with E-state index in [9.17, 15) is 51.6 Å². The van der Waals surface area contributed by atoms with Gasteiger partial charge in [-0.1, -0.05) is 56.7 Å². The number of hydrogen-bond acceptors (Lipinski definition) is 10. The Labute approximate surface area is 301 Å². The van der Waals surface area contributed by atoms with E-state index in [1.165, 1.54) is 58.0 Å². The summed E-state index contributed by atoms with van der Waals surface area (Å²) in [6.07, 6.45) is -1.26. The minimum absolute atomic E-state index is 0.236. The summed E-state index contributed by atoms with van der Waals surface area (Å²) in [7, 11) is 0. The zero-order chi connectivity index (χ0) is 38.1. The highest BCUT2D eigenvalue weighted by atomic mass is 35.5. The molecule has 3 aromatic carbocycles. The number of aliphatic hydroxyl groups excluding tert-OH is 1. The van der Waals surface area contributed by atoms with Crippen LogP contribution >= 0.6 is 35.6 Å². The second kappa shape index (κ2) is 15.4. The van der Waals surface area contributed by atoms with Crippen molar-refractivity contribution in [3.63, 3.8) is 0 Å². The third-order valence-electron chi connectivity index (χ3n) is 7.27. The largest absolute Gasteiger partial charge is 0.456 e. The maximum absolute atomic E-state index is 14.6. The Hall–Kier alpha value is -4.45. The lowest BCUT2D eigenvalue weighted by atomic mass is 9.92. The topological polar surface area (TPSA) is 136 Å². The summed E-state index contributed by atoms with van der Waals surface area (Å²) in [4.78, 5) is 50.7. The molecule has 1 heterocycles. The number of halogens is 6. The first kappa shape index (κ1) is 39.3. The van der Waals surface area contributed by atoms with Gasteiger partial charge in [0.1, 0.15) is 17.9 Å². The van der Waals surface area contributed by atoms with Crippen molar-refractivity contribution in [2.45, 2.75) is 45.9 Å². The highest BCUT2D eigenvalue weighted by Crippen LogP contribution is 2.41. The van der Waals surface area contributed by atoms with Crippen molar-refractivity contribution in [2.75, 3.05) is 0 Å². The predicted octanol–water partition coefficient (Wildman–Crippen LogP) is 7.06. The van der Waals surface area contributed by atoms with Crippen molar-refractivity contribution in [3.05, 3.63) is 115 Å². The first-order valence-corrected chi connectivity index (χ1v) is 16.3. The maximum atomic E-state index is 14.6. The van der Waals surface area contributed by atoms with Crippen molar-refractivity contribution >= 4 is 63.1 Å². The zero-order valence-corrected chi connectivity index (χ0v) is 29.2. The first-order valence-electron chi connectivity index (χ1n) is 14.6. The van der Waals surface area contributed by atoms with Gasteiger partial charge in [-0.3, -0.25) is 24.6 Å². The number of nitrogens with zero attached hydrogens (tertiary/aromatic N) is 2. The number of hydrogen-bond donors (Lipinski definition) is 1. The number of alkyl halides is 1. The van der Waals surface area contributed by atoms with Crippen LogP contribution in [-0.4, -0.2) is 48.4 Å². The van der Waals surface area contributed by atoms with E-state index in [-0.39, 0.29) is 17.0 Å². The summed E-state index contributed by atoms with van der Waals surface area (Å²) in [5, 5.41) is 20.0. The molecule has 0 unspecified atom stereocenters. The summed E-state index contributed by atoms with van der Waals surface area (Å²) in [6, 6.07) is 9.61. The third kappa shape index (κ3) is 8.21. The van der Waals surface area contributed by atoms with Crippen LogP contribution in [-0.2, 0) is 25.7 Å². The lowest BCUT2D eigenvalue weighted by molar-refractivity contribution is -0.384. The standard InChI is InChI=1S/C33H26ClF5N2O8S2/c1-14(42)19-28(34)40(29(19)43)26(30(44)48-13-15-8-10-17(11-9-15)41(46)47)31(51-32(45)33(2,3)4)49-18-7-5-6-16(12-18)27(50)20-21(35)23(37)25(39)24(38)22(20)36/h5-12,14,19,28,42H,13H2,1-4H3/t14-,19-,28-/m1/s1. The van der Waals surface area contributed by atoms with E-state index in [4.69, 9.17) is 33.3 Å². The highest BCUT2D eigenvalue weighted by molar-refractivity contribution is 8.16. The molecule has 1 saturated heterocycles. The van der Waals surface area contributed by atoms with Crippen molar-refractivity contribution < 1.29 is 55.8 Å². The van der Waals surface area contributed by atoms with Gasteiger partial charge in [0.15, 0.2) is 34.1 Å². The normalized spacial score (nSPS) is 16.9. The molecule has 1 aliphatic heterocycles. The summed E-state index contributed by atoms with van der Waals surface area (Å²) in [6.45, 7) is 5.43. The van der Waals surface area contributed by atoms with Crippen molar-refractivity contribution in [2.24, 2.45) is 11.3 Å². The molecule has 0 aliphatic carbocycles. The Kier molecular flexibility index (Phi) is 11.9. The number of thioether (sulfide) groups is 1. The van der Waals surface area contributed by atoms with Crippen LogP contribution in [0.2, 0.25) is 0 Å². The summed E-state index contributed by atoms with van der Waals surface area (Å²) in [5.41, 5.74) is -4.72. The number of likely N-dealkylation sites (tertiary alicyclic amines) is 1. The quantitative estimate of drug-likeness (QED) is 0.0172. The monoisotopic (exact) mass is 772 g/mol. The van der Waals surface area contributed by atoms with E-state index >= 15 is 0 Å². The number of nitro groups is 1. The Morgan fingerprint density at radius 1 is 1.04 bits per heavy atom. The number of β-lactam (4-membered cyclic amide) rings is 1. The molecular formula is C33H26ClF5N2O8S2. The molecule has 0 aromatic heterocycles. The summed E-state index contributed by atoms with van der Waals surface area (Å²) >= 11 is 11.9. The van der Waals surface area contributed by atoms with Gasteiger partial charge in [-0.05, 0) is 54.1 Å². The van der Waals surface area contributed by atoms with E-state index in [1.54, 1.807) is 0 Å². The zero-order valence-electron chi connectivity index (χ0n) is 26.8. The number of ether oxygens (including phenoxy) is 2. The van der Waals surface area contributed by atoms with Crippen LogP contribution in [0.1, 0.15) is 44.4 Å². The number of carbonyl (C=O) groups is 3. The lowest BCUT2D eigenvalue weighted by Gasteiger charge is -2.45. The van der Waals surface area contributed by atoms with E-state index in [0.717, 1.165) is 23.1 Å². The van der Waals surface area contributed by atoms with Gasteiger partial charge in [0, 0.05) is 17.5 Å². The minimum atomic E-state index is -2.38. The molecule has 0 saturated carbocycles. The number of benzene rings is 3. The Balaban J connectivity index is 1.82. The second-order valence-electron chi connectivity index (χ2n) is 12.0. The Morgan fingerprint density at radius 3 is 2.12 bits per heavy atom. The van der Waals surface area contributed by atoms with Gasteiger partial charge in [-0.15, -0.1) is 0 Å². The summed E-state index contributed by atoms with van der Waals surface area (Å²) in [5.74, 6) is -14.7. The third-order valence-corrected chi connectivity index (χ3v) is 9.44. The van der Waals surface area contributed by atoms with Crippen molar-refractivity contribution in [1.29, 1.82) is 0 Å². The fraction of sp³-hybridized carbons (Fsp3) is 0.273. The van der Waals surface area contributed by atoms with E-state index in [1.807, 2.05) is 0 Å². The fourth-order valence-electron chi connectivity index (χ4n) is 4.47. The molecule has 0 bridgehead atoms. The molecule has 1 N–H and O–H groups in total. The molecule has 0 spiro atoms. The van der Waals surface area contributed by atoms with E-state index in [2.05, 4.69) is 0 Å². The smallest absolute Gasteiger partial charge is 0.359 e. The van der Waals surface area contributed by atoms with Crippen LogP contribution in [0, 0.1) is 50.5 Å². The lowest BCUT2D eigenvalue weighted by Crippen LogP contribution is -2.62. The van der Waals surface area contributed by atoms with Crippen molar-refractivity contribution in [1.82, 2.24) is 4.90 Å². The predicted molar refractivity (Wildman–Crippen MR) is 178 cm³/mol. The molecule has 0 radical (unpaired) electrons. The van der Waals surface area contributed by atoms with Crippen LogP contribution in [0.25, 0.3) is 0 Å².